The van der Waals surface area contributed by atoms with Crippen LogP contribution in [0, 0.1) is 0 Å². The second kappa shape index (κ2) is 5.57. The molecule has 0 spiro atoms. The Morgan fingerprint density at radius 1 is 1.38 bits per heavy atom. The average Bonchev–Trinajstić information content (AvgIpc) is 2.01. The second-order valence-corrected chi connectivity index (χ2v) is 5.81. The lowest BCUT2D eigenvalue weighted by molar-refractivity contribution is 0.546. The van der Waals surface area contributed by atoms with Gasteiger partial charge in [-0.1, -0.05) is 13.3 Å². The maximum absolute atomic E-state index is 11.3. The third-order valence-corrected chi connectivity index (χ3v) is 3.64. The Labute approximate surface area is 80.9 Å². The van der Waals surface area contributed by atoms with Crippen molar-refractivity contribution in [1.29, 1.82) is 0 Å². The van der Waals surface area contributed by atoms with Gasteiger partial charge < -0.3 is 5.73 Å². The number of nitrogens with two attached hydrogens (primary N) is 1. The summed E-state index contributed by atoms with van der Waals surface area (Å²) in [5.41, 5.74) is 5.66. The lowest BCUT2D eigenvalue weighted by Crippen LogP contribution is -2.40. The second-order valence-electron chi connectivity index (χ2n) is 3.49. The first kappa shape index (κ1) is 12.9. The van der Waals surface area contributed by atoms with Crippen molar-refractivity contribution in [1.82, 2.24) is 4.72 Å². The molecule has 3 N–H and O–H groups in total. The van der Waals surface area contributed by atoms with Gasteiger partial charge in [-0.25, -0.2) is 13.1 Å². The predicted molar refractivity (Wildman–Crippen MR) is 54.9 cm³/mol. The summed E-state index contributed by atoms with van der Waals surface area (Å²) in [6.07, 6.45) is 1.82. The van der Waals surface area contributed by atoms with Crippen LogP contribution in [0.4, 0.5) is 0 Å². The highest BCUT2D eigenvalue weighted by atomic mass is 32.2. The topological polar surface area (TPSA) is 72.2 Å². The summed E-state index contributed by atoms with van der Waals surface area (Å²) in [4.78, 5) is 0. The van der Waals surface area contributed by atoms with Gasteiger partial charge in [0, 0.05) is 12.6 Å². The molecule has 0 heterocycles. The molecule has 0 fully saturated rings. The zero-order valence-corrected chi connectivity index (χ0v) is 9.39. The number of hydrogen-bond donors (Lipinski definition) is 2. The Morgan fingerprint density at radius 3 is 2.31 bits per heavy atom. The largest absolute Gasteiger partial charge is 0.327 e. The molecule has 13 heavy (non-hydrogen) atoms. The van der Waals surface area contributed by atoms with Crippen LogP contribution in [0.25, 0.3) is 0 Å². The molecule has 1 unspecified atom stereocenters. The Kier molecular flexibility index (Phi) is 5.51. The van der Waals surface area contributed by atoms with Gasteiger partial charge in [0.1, 0.15) is 0 Å². The van der Waals surface area contributed by atoms with E-state index in [0.29, 0.717) is 6.54 Å². The molecule has 0 rings (SSSR count). The minimum absolute atomic E-state index is 0.0708. The van der Waals surface area contributed by atoms with Crippen LogP contribution in [-0.4, -0.2) is 26.3 Å². The first-order valence-electron chi connectivity index (χ1n) is 4.64. The first-order valence-corrected chi connectivity index (χ1v) is 6.18. The molecule has 4 nitrogen and oxygen atoms in total. The van der Waals surface area contributed by atoms with Gasteiger partial charge in [-0.2, -0.15) is 0 Å². The van der Waals surface area contributed by atoms with E-state index in [1.807, 2.05) is 6.92 Å². The summed E-state index contributed by atoms with van der Waals surface area (Å²) >= 11 is 0. The zero-order valence-electron chi connectivity index (χ0n) is 8.58. The van der Waals surface area contributed by atoms with E-state index in [9.17, 15) is 8.42 Å². The third-order valence-electron chi connectivity index (χ3n) is 1.83. The number of rotatable bonds is 6. The number of nitrogens with one attached hydrogen (secondary N) is 1. The van der Waals surface area contributed by atoms with E-state index in [-0.39, 0.29) is 11.3 Å². The summed E-state index contributed by atoms with van der Waals surface area (Å²) in [5, 5.41) is -0.388. The fourth-order valence-electron chi connectivity index (χ4n) is 0.863. The van der Waals surface area contributed by atoms with Crippen molar-refractivity contribution < 1.29 is 8.42 Å². The van der Waals surface area contributed by atoms with Gasteiger partial charge in [0.2, 0.25) is 10.0 Å². The molecule has 0 aliphatic rings. The van der Waals surface area contributed by atoms with E-state index in [4.69, 9.17) is 5.73 Å². The molecule has 0 radical (unpaired) electrons. The van der Waals surface area contributed by atoms with Gasteiger partial charge in [-0.05, 0) is 20.3 Å². The standard InChI is InChI=1S/C8H20N2O2S/c1-4-5-8(9)6-10-13(11,12)7(2)3/h7-8,10H,4-6,9H2,1-3H3. The van der Waals surface area contributed by atoms with Gasteiger partial charge in [0.15, 0.2) is 0 Å². The smallest absolute Gasteiger partial charge is 0.213 e. The van der Waals surface area contributed by atoms with Crippen molar-refractivity contribution in [3.05, 3.63) is 0 Å². The van der Waals surface area contributed by atoms with Crippen LogP contribution in [0.2, 0.25) is 0 Å². The van der Waals surface area contributed by atoms with E-state index in [1.165, 1.54) is 0 Å². The molecule has 0 aliphatic heterocycles. The highest BCUT2D eigenvalue weighted by Crippen LogP contribution is 1.97. The fraction of sp³-hybridized carbons (Fsp3) is 1.00. The molecule has 0 amide bonds. The van der Waals surface area contributed by atoms with Crippen LogP contribution in [0.3, 0.4) is 0 Å². The summed E-state index contributed by atoms with van der Waals surface area (Å²) in [5.74, 6) is 0. The van der Waals surface area contributed by atoms with Crippen molar-refractivity contribution in [2.45, 2.75) is 44.9 Å². The molecule has 0 aliphatic carbocycles. The van der Waals surface area contributed by atoms with Crippen molar-refractivity contribution in [3.63, 3.8) is 0 Å². The molecule has 1 atom stereocenters. The van der Waals surface area contributed by atoms with Crippen LogP contribution in [0.1, 0.15) is 33.6 Å². The SMILES string of the molecule is CCCC(N)CNS(=O)(=O)C(C)C. The Morgan fingerprint density at radius 2 is 1.92 bits per heavy atom. The molecular formula is C8H20N2O2S. The van der Waals surface area contributed by atoms with Crippen molar-refractivity contribution in [3.8, 4) is 0 Å². The number of sulfonamides is 1. The minimum Gasteiger partial charge on any atom is -0.327 e. The molecule has 0 saturated carbocycles. The van der Waals surface area contributed by atoms with Crippen LogP contribution in [-0.2, 0) is 10.0 Å². The summed E-state index contributed by atoms with van der Waals surface area (Å²) < 4.78 is 25.0. The molecule has 0 bridgehead atoms. The molecular weight excluding hydrogens is 188 g/mol. The Bertz CT molecular complexity index is 224. The van der Waals surface area contributed by atoms with Crippen molar-refractivity contribution in [2.75, 3.05) is 6.54 Å². The van der Waals surface area contributed by atoms with Crippen LogP contribution < -0.4 is 10.5 Å². The molecule has 80 valence electrons. The molecule has 0 aromatic heterocycles. The lowest BCUT2D eigenvalue weighted by atomic mass is 10.2. The van der Waals surface area contributed by atoms with Crippen molar-refractivity contribution >= 4 is 10.0 Å². The highest BCUT2D eigenvalue weighted by molar-refractivity contribution is 7.90. The van der Waals surface area contributed by atoms with E-state index < -0.39 is 10.0 Å². The minimum atomic E-state index is -3.14. The van der Waals surface area contributed by atoms with Gasteiger partial charge in [0.05, 0.1) is 5.25 Å². The summed E-state index contributed by atoms with van der Waals surface area (Å²) in [6.45, 7) is 5.66. The molecule has 0 aromatic carbocycles. The van der Waals surface area contributed by atoms with Crippen LogP contribution >= 0.6 is 0 Å². The van der Waals surface area contributed by atoms with E-state index in [2.05, 4.69) is 4.72 Å². The van der Waals surface area contributed by atoms with Crippen molar-refractivity contribution in [2.24, 2.45) is 5.73 Å². The molecule has 0 aromatic rings. The monoisotopic (exact) mass is 208 g/mol. The van der Waals surface area contributed by atoms with Gasteiger partial charge in [0.25, 0.3) is 0 Å². The van der Waals surface area contributed by atoms with Crippen LogP contribution in [0.5, 0.6) is 0 Å². The zero-order chi connectivity index (χ0) is 10.5. The van der Waals surface area contributed by atoms with Gasteiger partial charge in [-0.3, -0.25) is 0 Å². The average molecular weight is 208 g/mol. The Hall–Kier alpha value is -0.130. The fourth-order valence-corrected chi connectivity index (χ4v) is 1.64. The summed E-state index contributed by atoms with van der Waals surface area (Å²) in [6, 6.07) is -0.0708. The molecule has 5 heteroatoms. The lowest BCUT2D eigenvalue weighted by Gasteiger charge is -2.13. The quantitative estimate of drug-likeness (QED) is 0.665. The van der Waals surface area contributed by atoms with Crippen LogP contribution in [0.15, 0.2) is 0 Å². The first-order chi connectivity index (χ1) is 5.90. The summed E-state index contributed by atoms with van der Waals surface area (Å²) in [7, 11) is -3.14. The third kappa shape index (κ3) is 5.23. The van der Waals surface area contributed by atoms with E-state index >= 15 is 0 Å². The normalized spacial score (nSPS) is 14.8. The molecule has 0 saturated heterocycles. The maximum atomic E-state index is 11.3. The Balaban J connectivity index is 3.89. The number of hydrogen-bond acceptors (Lipinski definition) is 3. The van der Waals surface area contributed by atoms with E-state index in [1.54, 1.807) is 13.8 Å². The maximum Gasteiger partial charge on any atom is 0.213 e. The highest BCUT2D eigenvalue weighted by Gasteiger charge is 2.15. The van der Waals surface area contributed by atoms with Gasteiger partial charge >= 0.3 is 0 Å². The van der Waals surface area contributed by atoms with E-state index in [0.717, 1.165) is 12.8 Å². The predicted octanol–water partition coefficient (Wildman–Crippen LogP) is 0.442. The van der Waals surface area contributed by atoms with Gasteiger partial charge in [-0.15, -0.1) is 0 Å².